The van der Waals surface area contributed by atoms with Crippen molar-refractivity contribution in [1.29, 1.82) is 0 Å². The van der Waals surface area contributed by atoms with E-state index < -0.39 is 17.9 Å². The van der Waals surface area contributed by atoms with Crippen LogP contribution in [-0.2, 0) is 14.4 Å². The molecule has 1 saturated heterocycles. The molecule has 1 aliphatic heterocycles. The predicted molar refractivity (Wildman–Crippen MR) is 123 cm³/mol. The second-order valence-electron chi connectivity index (χ2n) is 9.21. The fourth-order valence-corrected chi connectivity index (χ4v) is 5.15. The molecule has 1 saturated carbocycles. The number of aryl methyl sites for hydroxylation is 1. The number of amides is 4. The first kappa shape index (κ1) is 24.2. The molecule has 1 spiro atoms. The van der Waals surface area contributed by atoms with Crippen molar-refractivity contribution in [3.05, 3.63) is 33.8 Å². The maximum atomic E-state index is 12.9. The SMILES string of the molecule is Cc1cc(C(=O)N2CCC3(CCC(CC(=O)NC(C(N)=O)C(N)=O)CC3)CC2)ccc1Br. The lowest BCUT2D eigenvalue weighted by molar-refractivity contribution is -0.134. The molecule has 32 heavy (non-hydrogen) atoms. The molecule has 0 radical (unpaired) electrons. The number of nitrogens with two attached hydrogens (primary N) is 2. The summed E-state index contributed by atoms with van der Waals surface area (Å²) in [5, 5.41) is 2.34. The Hall–Kier alpha value is -2.42. The van der Waals surface area contributed by atoms with Crippen LogP contribution in [0.3, 0.4) is 0 Å². The van der Waals surface area contributed by atoms with Crippen molar-refractivity contribution in [2.45, 2.75) is 57.9 Å². The van der Waals surface area contributed by atoms with E-state index in [1.807, 2.05) is 30.0 Å². The Morgan fingerprint density at radius 1 is 1.09 bits per heavy atom. The maximum absolute atomic E-state index is 12.9. The van der Waals surface area contributed by atoms with Crippen molar-refractivity contribution in [3.8, 4) is 0 Å². The minimum absolute atomic E-state index is 0.0827. The number of carbonyl (C=O) groups is 4. The van der Waals surface area contributed by atoms with Gasteiger partial charge in [0.25, 0.3) is 5.91 Å². The van der Waals surface area contributed by atoms with Gasteiger partial charge in [0, 0.05) is 29.5 Å². The number of carbonyl (C=O) groups excluding carboxylic acids is 4. The second-order valence-corrected chi connectivity index (χ2v) is 10.1. The average molecular weight is 507 g/mol. The number of hydrogen-bond acceptors (Lipinski definition) is 4. The minimum Gasteiger partial charge on any atom is -0.367 e. The number of rotatable bonds is 6. The lowest BCUT2D eigenvalue weighted by Crippen LogP contribution is -2.52. The Balaban J connectivity index is 1.47. The second kappa shape index (κ2) is 10.0. The Labute approximate surface area is 196 Å². The molecule has 4 amide bonds. The first-order chi connectivity index (χ1) is 15.1. The molecule has 0 unspecified atom stereocenters. The number of halogens is 1. The van der Waals surface area contributed by atoms with E-state index in [-0.39, 0.29) is 29.6 Å². The van der Waals surface area contributed by atoms with Crippen LogP contribution in [0.4, 0.5) is 0 Å². The zero-order valence-corrected chi connectivity index (χ0v) is 19.9. The maximum Gasteiger partial charge on any atom is 0.253 e. The molecule has 174 valence electrons. The number of piperidine rings is 1. The molecule has 9 heteroatoms. The average Bonchev–Trinajstić information content (AvgIpc) is 2.75. The summed E-state index contributed by atoms with van der Waals surface area (Å²) in [7, 11) is 0. The van der Waals surface area contributed by atoms with Gasteiger partial charge in [-0.1, -0.05) is 15.9 Å². The normalized spacial score (nSPS) is 18.5. The fourth-order valence-electron chi connectivity index (χ4n) is 4.90. The van der Waals surface area contributed by atoms with E-state index in [0.717, 1.165) is 67.2 Å². The minimum atomic E-state index is -1.46. The van der Waals surface area contributed by atoms with Gasteiger partial charge in [-0.2, -0.15) is 0 Å². The van der Waals surface area contributed by atoms with Gasteiger partial charge in [-0.05, 0) is 80.5 Å². The molecule has 1 aromatic rings. The summed E-state index contributed by atoms with van der Waals surface area (Å²) in [5.41, 5.74) is 12.2. The van der Waals surface area contributed by atoms with Crippen molar-refractivity contribution in [3.63, 3.8) is 0 Å². The summed E-state index contributed by atoms with van der Waals surface area (Å²) in [5.74, 6) is -1.99. The van der Waals surface area contributed by atoms with E-state index in [9.17, 15) is 19.2 Å². The molecule has 1 aromatic carbocycles. The highest BCUT2D eigenvalue weighted by Gasteiger charge is 2.39. The van der Waals surface area contributed by atoms with Gasteiger partial charge in [0.15, 0.2) is 6.04 Å². The zero-order chi connectivity index (χ0) is 23.5. The van der Waals surface area contributed by atoms with Crippen LogP contribution < -0.4 is 16.8 Å². The third-order valence-corrected chi connectivity index (χ3v) is 7.92. The molecule has 0 bridgehead atoms. The first-order valence-electron chi connectivity index (χ1n) is 11.0. The quantitative estimate of drug-likeness (QED) is 0.508. The van der Waals surface area contributed by atoms with Gasteiger partial charge in [-0.3, -0.25) is 19.2 Å². The highest BCUT2D eigenvalue weighted by Crippen LogP contribution is 2.47. The lowest BCUT2D eigenvalue weighted by atomic mass is 9.65. The van der Waals surface area contributed by atoms with Crippen LogP contribution >= 0.6 is 15.9 Å². The highest BCUT2D eigenvalue weighted by molar-refractivity contribution is 9.10. The van der Waals surface area contributed by atoms with Crippen molar-refractivity contribution < 1.29 is 19.2 Å². The Morgan fingerprint density at radius 3 is 2.22 bits per heavy atom. The zero-order valence-electron chi connectivity index (χ0n) is 18.4. The van der Waals surface area contributed by atoms with Crippen LogP contribution in [0.15, 0.2) is 22.7 Å². The number of hydrogen-bond donors (Lipinski definition) is 3. The third kappa shape index (κ3) is 5.68. The summed E-state index contributed by atoms with van der Waals surface area (Å²) in [4.78, 5) is 49.5. The third-order valence-electron chi connectivity index (χ3n) is 7.03. The molecule has 2 aliphatic rings. The number of nitrogens with zero attached hydrogens (tertiary/aromatic N) is 1. The van der Waals surface area contributed by atoms with Gasteiger partial charge in [-0.15, -0.1) is 0 Å². The van der Waals surface area contributed by atoms with Crippen molar-refractivity contribution in [2.24, 2.45) is 22.8 Å². The summed E-state index contributed by atoms with van der Waals surface area (Å²) in [6.07, 6.45) is 6.03. The fraction of sp³-hybridized carbons (Fsp3) is 0.565. The summed E-state index contributed by atoms with van der Waals surface area (Å²) < 4.78 is 0.997. The Morgan fingerprint density at radius 2 is 1.69 bits per heavy atom. The topological polar surface area (TPSA) is 136 Å². The van der Waals surface area contributed by atoms with Gasteiger partial charge in [-0.25, -0.2) is 0 Å². The monoisotopic (exact) mass is 506 g/mol. The smallest absolute Gasteiger partial charge is 0.253 e. The predicted octanol–water partition coefficient (Wildman–Crippen LogP) is 2.02. The molecule has 8 nitrogen and oxygen atoms in total. The van der Waals surface area contributed by atoms with E-state index in [1.54, 1.807) is 0 Å². The van der Waals surface area contributed by atoms with Gasteiger partial charge in [0.1, 0.15) is 0 Å². The van der Waals surface area contributed by atoms with E-state index in [1.165, 1.54) is 0 Å². The molecule has 2 fully saturated rings. The first-order valence-corrected chi connectivity index (χ1v) is 11.8. The standard InChI is InChI=1S/C23H31BrN4O4/c1-14-12-16(2-3-17(14)24)22(32)28-10-8-23(9-11-28)6-4-15(5-7-23)13-18(29)27-19(20(25)30)21(26)31/h2-3,12,15,19H,4-11,13H2,1H3,(H2,25,30)(H2,26,31)(H,27,29). The van der Waals surface area contributed by atoms with Gasteiger partial charge < -0.3 is 21.7 Å². The van der Waals surface area contributed by atoms with Crippen molar-refractivity contribution >= 4 is 39.6 Å². The summed E-state index contributed by atoms with van der Waals surface area (Å²) in [6, 6.07) is 4.24. The van der Waals surface area contributed by atoms with Crippen LogP contribution in [-0.4, -0.2) is 47.7 Å². The van der Waals surface area contributed by atoms with Crippen LogP contribution in [0.25, 0.3) is 0 Å². The van der Waals surface area contributed by atoms with E-state index in [4.69, 9.17) is 11.5 Å². The van der Waals surface area contributed by atoms with E-state index >= 15 is 0 Å². The molecular weight excluding hydrogens is 476 g/mol. The lowest BCUT2D eigenvalue weighted by Gasteiger charge is -2.46. The van der Waals surface area contributed by atoms with Crippen molar-refractivity contribution in [2.75, 3.05) is 13.1 Å². The molecule has 0 atom stereocenters. The number of nitrogens with one attached hydrogen (secondary N) is 1. The Kier molecular flexibility index (Phi) is 7.59. The number of likely N-dealkylation sites (tertiary alicyclic amines) is 1. The highest BCUT2D eigenvalue weighted by atomic mass is 79.9. The molecule has 1 heterocycles. The summed E-state index contributed by atoms with van der Waals surface area (Å²) in [6.45, 7) is 3.47. The number of primary amides is 2. The van der Waals surface area contributed by atoms with Crippen LogP contribution in [0, 0.1) is 18.3 Å². The molecule has 1 aliphatic carbocycles. The molecule has 0 aromatic heterocycles. The summed E-state index contributed by atoms with van der Waals surface area (Å²) >= 11 is 3.48. The van der Waals surface area contributed by atoms with Crippen LogP contribution in [0.2, 0.25) is 0 Å². The van der Waals surface area contributed by atoms with E-state index in [2.05, 4.69) is 21.2 Å². The van der Waals surface area contributed by atoms with Gasteiger partial charge in [0.05, 0.1) is 0 Å². The van der Waals surface area contributed by atoms with Gasteiger partial charge >= 0.3 is 0 Å². The molecule has 5 N–H and O–H groups in total. The van der Waals surface area contributed by atoms with Crippen LogP contribution in [0.1, 0.15) is 60.9 Å². The number of benzene rings is 1. The van der Waals surface area contributed by atoms with E-state index in [0.29, 0.717) is 0 Å². The largest absolute Gasteiger partial charge is 0.367 e. The molecule has 3 rings (SSSR count). The van der Waals surface area contributed by atoms with Crippen molar-refractivity contribution in [1.82, 2.24) is 10.2 Å². The van der Waals surface area contributed by atoms with Gasteiger partial charge in [0.2, 0.25) is 17.7 Å². The van der Waals surface area contributed by atoms with Crippen LogP contribution in [0.5, 0.6) is 0 Å². The molecular formula is C23H31BrN4O4. The Bertz CT molecular complexity index is 887.